The number of rotatable bonds is 3. The molecule has 0 aromatic carbocycles. The molecule has 2 aliphatic heterocycles. The standard InChI is InChI=1S/C24H35N5O2/c1-16(2)28-13-10-20-19(15-28)24(31)29-22(25-20)14-21(26-29)17-8-11-27(12-9-17)23(30)18-6-4-3-5-7-18/h14,16-18,26H,3-13,15H2,1-2H3. The molecule has 0 spiro atoms. The molecule has 0 atom stereocenters. The summed E-state index contributed by atoms with van der Waals surface area (Å²) in [4.78, 5) is 35.3. The zero-order chi connectivity index (χ0) is 21.5. The van der Waals surface area contributed by atoms with Crippen molar-refractivity contribution in [2.24, 2.45) is 5.92 Å². The van der Waals surface area contributed by atoms with Crippen LogP contribution in [0.25, 0.3) is 5.65 Å². The van der Waals surface area contributed by atoms with Gasteiger partial charge in [0.25, 0.3) is 5.56 Å². The van der Waals surface area contributed by atoms with Crippen molar-refractivity contribution in [3.8, 4) is 0 Å². The topological polar surface area (TPSA) is 73.7 Å². The van der Waals surface area contributed by atoms with Crippen LogP contribution in [0.4, 0.5) is 0 Å². The van der Waals surface area contributed by atoms with Crippen molar-refractivity contribution in [3.05, 3.63) is 33.4 Å². The molecule has 2 fully saturated rings. The van der Waals surface area contributed by atoms with Crippen LogP contribution in [0.3, 0.4) is 0 Å². The van der Waals surface area contributed by atoms with Gasteiger partial charge in [-0.1, -0.05) is 19.3 Å². The second-order valence-corrected chi connectivity index (χ2v) is 10.00. The summed E-state index contributed by atoms with van der Waals surface area (Å²) in [6, 6.07) is 2.48. The van der Waals surface area contributed by atoms with Gasteiger partial charge in [-0.15, -0.1) is 0 Å². The molecular weight excluding hydrogens is 390 g/mol. The van der Waals surface area contributed by atoms with E-state index < -0.39 is 0 Å². The van der Waals surface area contributed by atoms with Gasteiger partial charge in [0.2, 0.25) is 5.91 Å². The first-order valence-corrected chi connectivity index (χ1v) is 12.2. The predicted molar refractivity (Wildman–Crippen MR) is 120 cm³/mol. The van der Waals surface area contributed by atoms with Crippen LogP contribution < -0.4 is 5.56 Å². The zero-order valence-corrected chi connectivity index (χ0v) is 18.9. The highest BCUT2D eigenvalue weighted by atomic mass is 16.2. The molecule has 1 N–H and O–H groups in total. The van der Waals surface area contributed by atoms with Crippen LogP contribution in [-0.2, 0) is 17.8 Å². The number of H-pyrrole nitrogens is 1. The summed E-state index contributed by atoms with van der Waals surface area (Å²) >= 11 is 0. The molecule has 31 heavy (non-hydrogen) atoms. The van der Waals surface area contributed by atoms with E-state index in [2.05, 4.69) is 34.8 Å². The molecule has 1 saturated carbocycles. The molecule has 1 amide bonds. The van der Waals surface area contributed by atoms with E-state index in [1.807, 2.05) is 0 Å². The molecule has 3 aliphatic rings. The summed E-state index contributed by atoms with van der Waals surface area (Å²) in [5.41, 5.74) is 3.65. The highest BCUT2D eigenvalue weighted by molar-refractivity contribution is 5.79. The first kappa shape index (κ1) is 20.7. The second kappa shape index (κ2) is 8.41. The van der Waals surface area contributed by atoms with E-state index in [9.17, 15) is 9.59 Å². The van der Waals surface area contributed by atoms with Crippen molar-refractivity contribution in [2.45, 2.75) is 83.7 Å². The van der Waals surface area contributed by atoms with Crippen molar-refractivity contribution >= 4 is 11.6 Å². The molecule has 7 nitrogen and oxygen atoms in total. The highest BCUT2D eigenvalue weighted by Gasteiger charge is 2.31. The van der Waals surface area contributed by atoms with E-state index in [4.69, 9.17) is 4.98 Å². The van der Waals surface area contributed by atoms with E-state index in [1.54, 1.807) is 4.52 Å². The number of piperidine rings is 1. The predicted octanol–water partition coefficient (Wildman–Crippen LogP) is 3.08. The summed E-state index contributed by atoms with van der Waals surface area (Å²) < 4.78 is 1.64. The molecule has 1 aliphatic carbocycles. The number of hydrogen-bond acceptors (Lipinski definition) is 4. The fraction of sp³-hybridized carbons (Fsp3) is 0.708. The molecule has 0 unspecified atom stereocenters. The van der Waals surface area contributed by atoms with Crippen molar-refractivity contribution in [3.63, 3.8) is 0 Å². The van der Waals surface area contributed by atoms with Crippen LogP contribution in [0.1, 0.15) is 81.7 Å². The Kier molecular flexibility index (Phi) is 5.63. The van der Waals surface area contributed by atoms with E-state index >= 15 is 0 Å². The summed E-state index contributed by atoms with van der Waals surface area (Å²) in [6.45, 7) is 7.62. The summed E-state index contributed by atoms with van der Waals surface area (Å²) in [6.07, 6.45) is 8.52. The lowest BCUT2D eigenvalue weighted by molar-refractivity contribution is -0.137. The molecule has 5 rings (SSSR count). The Morgan fingerprint density at radius 1 is 1.10 bits per heavy atom. The van der Waals surface area contributed by atoms with Crippen LogP contribution in [0, 0.1) is 5.92 Å². The van der Waals surface area contributed by atoms with Crippen LogP contribution in [0.5, 0.6) is 0 Å². The number of likely N-dealkylation sites (tertiary alicyclic amines) is 1. The molecule has 2 aromatic heterocycles. The number of carbonyl (C=O) groups is 1. The van der Waals surface area contributed by atoms with E-state index in [0.717, 1.165) is 74.3 Å². The van der Waals surface area contributed by atoms with Gasteiger partial charge in [0, 0.05) is 62.2 Å². The third-order valence-electron chi connectivity index (χ3n) is 7.74. The van der Waals surface area contributed by atoms with Gasteiger partial charge in [-0.05, 0) is 39.5 Å². The van der Waals surface area contributed by atoms with Gasteiger partial charge < -0.3 is 4.90 Å². The summed E-state index contributed by atoms with van der Waals surface area (Å²) in [5.74, 6) is 0.966. The van der Waals surface area contributed by atoms with Gasteiger partial charge in [-0.2, -0.15) is 0 Å². The van der Waals surface area contributed by atoms with E-state index in [0.29, 0.717) is 24.4 Å². The van der Waals surface area contributed by atoms with E-state index in [-0.39, 0.29) is 11.5 Å². The maximum atomic E-state index is 13.2. The third-order valence-corrected chi connectivity index (χ3v) is 7.74. The second-order valence-electron chi connectivity index (χ2n) is 10.00. The maximum absolute atomic E-state index is 13.2. The van der Waals surface area contributed by atoms with Gasteiger partial charge in [0.05, 0.1) is 11.3 Å². The number of hydrogen-bond donors (Lipinski definition) is 1. The molecule has 168 valence electrons. The molecule has 2 aromatic rings. The van der Waals surface area contributed by atoms with Gasteiger partial charge >= 0.3 is 0 Å². The third kappa shape index (κ3) is 3.93. The Bertz CT molecular complexity index is 1010. The molecule has 0 bridgehead atoms. The quantitative estimate of drug-likeness (QED) is 0.820. The lowest BCUT2D eigenvalue weighted by atomic mass is 9.87. The number of fused-ring (bicyclic) bond motifs is 2. The molecule has 7 heteroatoms. The maximum Gasteiger partial charge on any atom is 0.277 e. The van der Waals surface area contributed by atoms with E-state index in [1.165, 1.54) is 19.3 Å². The molecule has 4 heterocycles. The smallest absolute Gasteiger partial charge is 0.277 e. The summed E-state index contributed by atoms with van der Waals surface area (Å²) in [7, 11) is 0. The lowest BCUT2D eigenvalue weighted by Crippen LogP contribution is -2.42. The fourth-order valence-electron chi connectivity index (χ4n) is 5.69. The molecule has 0 radical (unpaired) electrons. The van der Waals surface area contributed by atoms with Gasteiger partial charge in [-0.25, -0.2) is 9.50 Å². The van der Waals surface area contributed by atoms with Gasteiger partial charge in [0.15, 0.2) is 5.65 Å². The Balaban J connectivity index is 1.31. The van der Waals surface area contributed by atoms with Crippen LogP contribution in [-0.4, -0.2) is 56.0 Å². The number of aromatic nitrogens is 3. The minimum absolute atomic E-state index is 0.0431. The van der Waals surface area contributed by atoms with Gasteiger partial charge in [0.1, 0.15) is 0 Å². The average molecular weight is 426 g/mol. The zero-order valence-electron chi connectivity index (χ0n) is 18.9. The van der Waals surface area contributed by atoms with Crippen LogP contribution in [0.15, 0.2) is 10.9 Å². The Hall–Kier alpha value is -2.15. The first-order chi connectivity index (χ1) is 15.0. The molecular formula is C24H35N5O2. The number of amides is 1. The number of carbonyl (C=O) groups excluding carboxylic acids is 1. The molecule has 1 saturated heterocycles. The highest BCUT2D eigenvalue weighted by Crippen LogP contribution is 2.31. The van der Waals surface area contributed by atoms with Gasteiger partial charge in [-0.3, -0.25) is 19.6 Å². The van der Waals surface area contributed by atoms with Crippen molar-refractivity contribution in [1.29, 1.82) is 0 Å². The number of nitrogens with one attached hydrogen (secondary N) is 1. The van der Waals surface area contributed by atoms with Crippen LogP contribution >= 0.6 is 0 Å². The van der Waals surface area contributed by atoms with Crippen LogP contribution in [0.2, 0.25) is 0 Å². The number of aromatic amines is 1. The lowest BCUT2D eigenvalue weighted by Gasteiger charge is -2.34. The Morgan fingerprint density at radius 3 is 2.55 bits per heavy atom. The SMILES string of the molecule is CC(C)N1CCc2nc3cc(C4CCN(C(=O)C5CCCCC5)CC4)[nH]n3c(=O)c2C1. The summed E-state index contributed by atoms with van der Waals surface area (Å²) in [5, 5.41) is 3.35. The minimum Gasteiger partial charge on any atom is -0.342 e. The first-order valence-electron chi connectivity index (χ1n) is 12.2. The Labute approximate surface area is 183 Å². The van der Waals surface area contributed by atoms with Crippen molar-refractivity contribution in [2.75, 3.05) is 19.6 Å². The largest absolute Gasteiger partial charge is 0.342 e. The normalized spacial score (nSPS) is 21.7. The number of nitrogens with zero attached hydrogens (tertiary/aromatic N) is 4. The minimum atomic E-state index is 0.0431. The fourth-order valence-corrected chi connectivity index (χ4v) is 5.69. The average Bonchev–Trinajstić information content (AvgIpc) is 3.23. The monoisotopic (exact) mass is 425 g/mol. The van der Waals surface area contributed by atoms with Crippen molar-refractivity contribution < 1.29 is 4.79 Å². The Morgan fingerprint density at radius 2 is 1.84 bits per heavy atom. The van der Waals surface area contributed by atoms with Crippen molar-refractivity contribution in [1.82, 2.24) is 24.4 Å².